The topological polar surface area (TPSA) is 26.3 Å². The predicted molar refractivity (Wildman–Crippen MR) is 106 cm³/mol. The predicted octanol–water partition coefficient (Wildman–Crippen LogP) is 5.39. The number of hydrogen-bond donors (Lipinski definition) is 0. The minimum atomic E-state index is -3.10. The summed E-state index contributed by atoms with van der Waals surface area (Å²) in [5, 5.41) is 1.59. The van der Waals surface area contributed by atoms with Gasteiger partial charge < -0.3 is 4.52 Å². The van der Waals surface area contributed by atoms with E-state index in [2.05, 4.69) is 20.8 Å². The minimum Gasteiger partial charge on any atom is -0.318 e. The van der Waals surface area contributed by atoms with Crippen molar-refractivity contribution in [1.29, 1.82) is 0 Å². The third-order valence-corrected chi connectivity index (χ3v) is 7.96. The van der Waals surface area contributed by atoms with Gasteiger partial charge in [0.15, 0.2) is 0 Å². The van der Waals surface area contributed by atoms with Gasteiger partial charge in [0.2, 0.25) is 0 Å². The van der Waals surface area contributed by atoms with Gasteiger partial charge in [-0.1, -0.05) is 63.6 Å². The molecule has 0 bridgehead atoms. The first kappa shape index (κ1) is 18.4. The Morgan fingerprint density at radius 3 is 1.92 bits per heavy atom. The van der Waals surface area contributed by atoms with Crippen LogP contribution in [0, 0.1) is 17.8 Å². The van der Waals surface area contributed by atoms with Gasteiger partial charge in [0.1, 0.15) is 0 Å². The summed E-state index contributed by atoms with van der Waals surface area (Å²) in [4.78, 5) is 0. The van der Waals surface area contributed by atoms with Crippen LogP contribution in [0.5, 0.6) is 0 Å². The highest BCUT2D eigenvalue weighted by atomic mass is 31.2. The fraction of sp³-hybridized carbons (Fsp3) is 0.455. The molecule has 3 atom stereocenters. The molecule has 3 rings (SSSR count). The van der Waals surface area contributed by atoms with Crippen LogP contribution in [0.4, 0.5) is 0 Å². The van der Waals surface area contributed by atoms with Gasteiger partial charge in [-0.15, -0.1) is 0 Å². The Morgan fingerprint density at radius 2 is 1.44 bits per heavy atom. The standard InChI is InChI=1S/C22H29O2P/c1-17(2)21-15-14-18(3)16-22(21)24-25(23,19-10-6-4-7-11-19)20-12-8-5-9-13-20/h4-13,17-18,21-22H,14-16H2,1-3H3/t18-,21+,22-/m1/s1. The van der Waals surface area contributed by atoms with E-state index in [0.717, 1.165) is 23.5 Å². The van der Waals surface area contributed by atoms with Crippen LogP contribution in [-0.4, -0.2) is 6.10 Å². The number of benzene rings is 2. The smallest absolute Gasteiger partial charge is 0.261 e. The minimum absolute atomic E-state index is 0.0509. The zero-order valence-corrected chi connectivity index (χ0v) is 16.4. The lowest BCUT2D eigenvalue weighted by molar-refractivity contribution is 0.0514. The maximum absolute atomic E-state index is 14.1. The zero-order valence-electron chi connectivity index (χ0n) is 15.5. The van der Waals surface area contributed by atoms with Crippen molar-refractivity contribution in [3.8, 4) is 0 Å². The van der Waals surface area contributed by atoms with Crippen molar-refractivity contribution in [2.75, 3.05) is 0 Å². The van der Waals surface area contributed by atoms with E-state index in [4.69, 9.17) is 4.52 Å². The van der Waals surface area contributed by atoms with Crippen LogP contribution in [-0.2, 0) is 9.09 Å². The molecule has 0 N–H and O–H groups in total. The van der Waals surface area contributed by atoms with Gasteiger partial charge in [0.05, 0.1) is 6.10 Å². The van der Waals surface area contributed by atoms with Gasteiger partial charge in [-0.3, -0.25) is 4.57 Å². The Morgan fingerprint density at radius 1 is 0.920 bits per heavy atom. The van der Waals surface area contributed by atoms with Crippen LogP contribution in [0.25, 0.3) is 0 Å². The highest BCUT2D eigenvalue weighted by Crippen LogP contribution is 2.50. The number of rotatable bonds is 5. The monoisotopic (exact) mass is 356 g/mol. The summed E-state index contributed by atoms with van der Waals surface area (Å²) in [6.07, 6.45) is 3.44. The van der Waals surface area contributed by atoms with E-state index in [9.17, 15) is 4.57 Å². The maximum atomic E-state index is 14.1. The molecule has 0 radical (unpaired) electrons. The summed E-state index contributed by atoms with van der Waals surface area (Å²) in [7, 11) is -3.10. The average Bonchev–Trinajstić information content (AvgIpc) is 2.63. The van der Waals surface area contributed by atoms with Gasteiger partial charge in [-0.05, 0) is 54.9 Å². The summed E-state index contributed by atoms with van der Waals surface area (Å²) in [5.74, 6) is 1.63. The fourth-order valence-electron chi connectivity index (χ4n) is 3.95. The molecular weight excluding hydrogens is 327 g/mol. The summed E-state index contributed by atoms with van der Waals surface area (Å²) in [6, 6.07) is 19.4. The van der Waals surface area contributed by atoms with Crippen molar-refractivity contribution >= 4 is 18.0 Å². The second-order valence-electron chi connectivity index (χ2n) is 7.69. The van der Waals surface area contributed by atoms with E-state index in [1.54, 1.807) is 0 Å². The molecule has 0 aliphatic heterocycles. The summed E-state index contributed by atoms with van der Waals surface area (Å²) < 4.78 is 20.7. The van der Waals surface area contributed by atoms with Gasteiger partial charge >= 0.3 is 0 Å². The van der Waals surface area contributed by atoms with Crippen molar-refractivity contribution in [1.82, 2.24) is 0 Å². The lowest BCUT2D eigenvalue weighted by atomic mass is 9.75. The molecule has 1 saturated carbocycles. The van der Waals surface area contributed by atoms with E-state index < -0.39 is 7.37 Å². The van der Waals surface area contributed by atoms with Crippen LogP contribution in [0.15, 0.2) is 60.7 Å². The first-order valence-corrected chi connectivity index (χ1v) is 11.0. The molecule has 1 fully saturated rings. The molecule has 134 valence electrons. The SMILES string of the molecule is CC(C)[C@@H]1CC[C@@H](C)C[C@H]1OP(=O)(c1ccccc1)c1ccccc1. The van der Waals surface area contributed by atoms with Gasteiger partial charge in [0.25, 0.3) is 7.37 Å². The Hall–Kier alpha value is -1.37. The molecule has 0 unspecified atom stereocenters. The molecule has 2 aromatic carbocycles. The maximum Gasteiger partial charge on any atom is 0.261 e. The Kier molecular flexibility index (Phi) is 5.81. The lowest BCUT2D eigenvalue weighted by Crippen LogP contribution is -2.35. The molecule has 3 heteroatoms. The summed E-state index contributed by atoms with van der Waals surface area (Å²) in [5.41, 5.74) is 0. The Labute approximate surface area is 152 Å². The molecular formula is C22H29O2P. The van der Waals surface area contributed by atoms with Crippen LogP contribution in [0.2, 0.25) is 0 Å². The van der Waals surface area contributed by atoms with Crippen LogP contribution < -0.4 is 10.6 Å². The quantitative estimate of drug-likeness (QED) is 0.671. The van der Waals surface area contributed by atoms with E-state index >= 15 is 0 Å². The molecule has 0 saturated heterocycles. The average molecular weight is 356 g/mol. The van der Waals surface area contributed by atoms with Crippen LogP contribution in [0.3, 0.4) is 0 Å². The van der Waals surface area contributed by atoms with Crippen molar-refractivity contribution in [3.05, 3.63) is 60.7 Å². The van der Waals surface area contributed by atoms with E-state index in [1.807, 2.05) is 60.7 Å². The largest absolute Gasteiger partial charge is 0.318 e. The molecule has 25 heavy (non-hydrogen) atoms. The lowest BCUT2D eigenvalue weighted by Gasteiger charge is -2.39. The van der Waals surface area contributed by atoms with Gasteiger partial charge in [-0.2, -0.15) is 0 Å². The molecule has 2 aromatic rings. The third kappa shape index (κ3) is 4.07. The third-order valence-electron chi connectivity index (χ3n) is 5.44. The molecule has 2 nitrogen and oxygen atoms in total. The van der Waals surface area contributed by atoms with Crippen molar-refractivity contribution < 1.29 is 9.09 Å². The van der Waals surface area contributed by atoms with E-state index in [1.165, 1.54) is 6.42 Å². The molecule has 0 aromatic heterocycles. The Bertz CT molecular complexity index is 668. The van der Waals surface area contributed by atoms with E-state index in [0.29, 0.717) is 17.8 Å². The van der Waals surface area contributed by atoms with E-state index in [-0.39, 0.29) is 6.10 Å². The molecule has 0 amide bonds. The van der Waals surface area contributed by atoms with Crippen LogP contribution >= 0.6 is 7.37 Å². The fourth-order valence-corrected chi connectivity index (χ4v) is 6.24. The highest BCUT2D eigenvalue weighted by molar-refractivity contribution is 7.74. The van der Waals surface area contributed by atoms with Gasteiger partial charge in [-0.25, -0.2) is 0 Å². The molecule has 1 aliphatic carbocycles. The second kappa shape index (κ2) is 7.89. The number of hydrogen-bond acceptors (Lipinski definition) is 2. The molecule has 0 spiro atoms. The summed E-state index contributed by atoms with van der Waals surface area (Å²) in [6.45, 7) is 6.79. The Balaban J connectivity index is 1.99. The first-order chi connectivity index (χ1) is 12.0. The second-order valence-corrected chi connectivity index (χ2v) is 10.0. The van der Waals surface area contributed by atoms with Crippen molar-refractivity contribution in [2.45, 2.75) is 46.1 Å². The van der Waals surface area contributed by atoms with Gasteiger partial charge in [0, 0.05) is 10.6 Å². The van der Waals surface area contributed by atoms with Crippen molar-refractivity contribution in [2.24, 2.45) is 17.8 Å². The molecule has 0 heterocycles. The highest BCUT2D eigenvalue weighted by Gasteiger charge is 2.38. The molecule has 1 aliphatic rings. The van der Waals surface area contributed by atoms with Crippen LogP contribution in [0.1, 0.15) is 40.0 Å². The van der Waals surface area contributed by atoms with Crippen molar-refractivity contribution in [3.63, 3.8) is 0 Å². The normalized spacial score (nSPS) is 24.4. The first-order valence-electron chi connectivity index (χ1n) is 9.40. The zero-order chi connectivity index (χ0) is 17.9. The summed E-state index contributed by atoms with van der Waals surface area (Å²) >= 11 is 0.